The molecule has 1 aliphatic rings. The zero-order valence-electron chi connectivity index (χ0n) is 10.7. The Balaban J connectivity index is 2.22. The monoisotopic (exact) mass is 262 g/mol. The molecule has 0 heterocycles. The first-order chi connectivity index (χ1) is 7.72. The van der Waals surface area contributed by atoms with Crippen molar-refractivity contribution in [2.45, 2.75) is 43.9 Å². The molecule has 0 saturated heterocycles. The number of nitrogens with one attached hydrogen (secondary N) is 2. The van der Waals surface area contributed by atoms with Crippen LogP contribution in [0.4, 0.5) is 0 Å². The van der Waals surface area contributed by atoms with Crippen molar-refractivity contribution in [2.75, 3.05) is 19.3 Å². The average molecular weight is 262 g/mol. The molecule has 1 aliphatic carbocycles. The molecular formula is C11H22N2O3S. The summed E-state index contributed by atoms with van der Waals surface area (Å²) in [7, 11) is -3.15. The molecule has 5 nitrogen and oxygen atoms in total. The highest BCUT2D eigenvalue weighted by Gasteiger charge is 2.30. The lowest BCUT2D eigenvalue weighted by Crippen LogP contribution is -2.44. The van der Waals surface area contributed by atoms with Crippen LogP contribution in [0.1, 0.15) is 33.1 Å². The Morgan fingerprint density at radius 3 is 2.41 bits per heavy atom. The topological polar surface area (TPSA) is 75.3 Å². The van der Waals surface area contributed by atoms with E-state index in [2.05, 4.69) is 10.6 Å². The number of carbonyl (C=O) groups excluding carboxylic acids is 1. The van der Waals surface area contributed by atoms with Gasteiger partial charge in [-0.15, -0.1) is 0 Å². The highest BCUT2D eigenvalue weighted by molar-refractivity contribution is 7.92. The van der Waals surface area contributed by atoms with Gasteiger partial charge >= 0.3 is 0 Å². The molecule has 100 valence electrons. The van der Waals surface area contributed by atoms with E-state index >= 15 is 0 Å². The fraction of sp³-hybridized carbons (Fsp3) is 0.909. The van der Waals surface area contributed by atoms with Crippen molar-refractivity contribution in [1.82, 2.24) is 10.6 Å². The Morgan fingerprint density at radius 2 is 1.94 bits per heavy atom. The quantitative estimate of drug-likeness (QED) is 0.681. The molecule has 1 amide bonds. The third-order valence-corrected chi connectivity index (χ3v) is 5.23. The van der Waals surface area contributed by atoms with Crippen LogP contribution < -0.4 is 10.6 Å². The third-order valence-electron chi connectivity index (χ3n) is 3.08. The maximum absolute atomic E-state index is 11.5. The second kappa shape index (κ2) is 5.35. The van der Waals surface area contributed by atoms with Crippen molar-refractivity contribution >= 4 is 15.7 Å². The molecule has 0 aromatic rings. The molecule has 0 atom stereocenters. The second-order valence-electron chi connectivity index (χ2n) is 5.29. The SMILES string of the molecule is CC(C)(CNC(=O)CCNC1CC1)S(C)(=O)=O. The van der Waals surface area contributed by atoms with E-state index in [4.69, 9.17) is 0 Å². The first-order valence-corrected chi connectivity index (χ1v) is 7.81. The van der Waals surface area contributed by atoms with E-state index in [-0.39, 0.29) is 12.5 Å². The molecule has 1 fully saturated rings. The Morgan fingerprint density at radius 1 is 1.35 bits per heavy atom. The summed E-state index contributed by atoms with van der Waals surface area (Å²) in [5, 5.41) is 5.90. The summed E-state index contributed by atoms with van der Waals surface area (Å²) in [6.07, 6.45) is 3.98. The number of hydrogen-bond donors (Lipinski definition) is 2. The largest absolute Gasteiger partial charge is 0.354 e. The van der Waals surface area contributed by atoms with Crippen LogP contribution in [0, 0.1) is 0 Å². The molecule has 2 N–H and O–H groups in total. The highest BCUT2D eigenvalue weighted by Crippen LogP contribution is 2.18. The lowest BCUT2D eigenvalue weighted by molar-refractivity contribution is -0.121. The van der Waals surface area contributed by atoms with E-state index < -0.39 is 14.6 Å². The molecule has 1 saturated carbocycles. The van der Waals surface area contributed by atoms with Crippen LogP contribution >= 0.6 is 0 Å². The molecule has 0 spiro atoms. The highest BCUT2D eigenvalue weighted by atomic mass is 32.2. The van der Waals surface area contributed by atoms with Crippen LogP contribution in [0.2, 0.25) is 0 Å². The molecule has 0 aromatic carbocycles. The minimum atomic E-state index is -3.15. The van der Waals surface area contributed by atoms with Gasteiger partial charge in [0.1, 0.15) is 0 Å². The fourth-order valence-electron chi connectivity index (χ4n) is 1.21. The van der Waals surface area contributed by atoms with Crippen LogP contribution in [0.25, 0.3) is 0 Å². The van der Waals surface area contributed by atoms with Gasteiger partial charge in [0.05, 0.1) is 4.75 Å². The third kappa shape index (κ3) is 5.04. The van der Waals surface area contributed by atoms with Crippen molar-refractivity contribution < 1.29 is 13.2 Å². The maximum atomic E-state index is 11.5. The number of carbonyl (C=O) groups is 1. The normalized spacial score (nSPS) is 16.9. The Hall–Kier alpha value is -0.620. The molecule has 6 heteroatoms. The van der Waals surface area contributed by atoms with E-state index in [1.54, 1.807) is 13.8 Å². The van der Waals surface area contributed by atoms with Gasteiger partial charge < -0.3 is 10.6 Å². The smallest absolute Gasteiger partial charge is 0.221 e. The van der Waals surface area contributed by atoms with Gasteiger partial charge in [0.25, 0.3) is 0 Å². The standard InChI is InChI=1S/C11H22N2O3S/c1-11(2,17(3,15)16)8-13-10(14)6-7-12-9-4-5-9/h9,12H,4-8H2,1-3H3,(H,13,14). The molecule has 1 rings (SSSR count). The zero-order valence-corrected chi connectivity index (χ0v) is 11.6. The number of amides is 1. The molecule has 0 aliphatic heterocycles. The number of rotatable bonds is 7. The first-order valence-electron chi connectivity index (χ1n) is 5.92. The molecule has 0 radical (unpaired) electrons. The number of hydrogen-bond acceptors (Lipinski definition) is 4. The van der Waals surface area contributed by atoms with E-state index in [1.165, 1.54) is 19.1 Å². The van der Waals surface area contributed by atoms with Gasteiger partial charge in [-0.05, 0) is 26.7 Å². The summed E-state index contributed by atoms with van der Waals surface area (Å²) in [4.78, 5) is 11.5. The lowest BCUT2D eigenvalue weighted by Gasteiger charge is -2.22. The van der Waals surface area contributed by atoms with E-state index in [0.717, 1.165) is 0 Å². The van der Waals surface area contributed by atoms with Gasteiger partial charge in [0, 0.05) is 31.8 Å². The van der Waals surface area contributed by atoms with Crippen LogP contribution in [-0.2, 0) is 14.6 Å². The summed E-state index contributed by atoms with van der Waals surface area (Å²) in [5.74, 6) is -0.102. The summed E-state index contributed by atoms with van der Waals surface area (Å²) in [6.45, 7) is 4.06. The number of sulfone groups is 1. The lowest BCUT2D eigenvalue weighted by atomic mass is 10.2. The van der Waals surface area contributed by atoms with Crippen LogP contribution in [0.15, 0.2) is 0 Å². The zero-order chi connectivity index (χ0) is 13.1. The van der Waals surface area contributed by atoms with Gasteiger partial charge in [-0.25, -0.2) is 8.42 Å². The summed E-state index contributed by atoms with van der Waals surface area (Å²) >= 11 is 0. The van der Waals surface area contributed by atoms with Crippen molar-refractivity contribution in [3.8, 4) is 0 Å². The van der Waals surface area contributed by atoms with Crippen molar-refractivity contribution in [1.29, 1.82) is 0 Å². The van der Waals surface area contributed by atoms with E-state index in [0.29, 0.717) is 19.0 Å². The van der Waals surface area contributed by atoms with Crippen LogP contribution in [-0.4, -0.2) is 44.5 Å². The van der Waals surface area contributed by atoms with Crippen LogP contribution in [0.5, 0.6) is 0 Å². The van der Waals surface area contributed by atoms with Crippen LogP contribution in [0.3, 0.4) is 0 Å². The van der Waals surface area contributed by atoms with Gasteiger partial charge in [-0.3, -0.25) is 4.79 Å². The molecule has 0 bridgehead atoms. The summed E-state index contributed by atoms with van der Waals surface area (Å²) in [5.41, 5.74) is 0. The minimum absolute atomic E-state index is 0.102. The summed E-state index contributed by atoms with van der Waals surface area (Å²) in [6, 6.07) is 0.593. The Bertz CT molecular complexity index is 372. The Labute approximate surface area is 103 Å². The molecule has 0 unspecified atom stereocenters. The van der Waals surface area contributed by atoms with Gasteiger partial charge in [-0.2, -0.15) is 0 Å². The molecule has 17 heavy (non-hydrogen) atoms. The average Bonchev–Trinajstić information content (AvgIpc) is 2.97. The van der Waals surface area contributed by atoms with Crippen molar-refractivity contribution in [3.05, 3.63) is 0 Å². The van der Waals surface area contributed by atoms with Gasteiger partial charge in [0.15, 0.2) is 9.84 Å². The predicted octanol–water partition coefficient (Wildman–Crippen LogP) is 0.0679. The Kier molecular flexibility index (Phi) is 4.55. The first kappa shape index (κ1) is 14.4. The minimum Gasteiger partial charge on any atom is -0.354 e. The predicted molar refractivity (Wildman–Crippen MR) is 67.6 cm³/mol. The van der Waals surface area contributed by atoms with Crippen molar-refractivity contribution in [3.63, 3.8) is 0 Å². The molecule has 0 aromatic heterocycles. The van der Waals surface area contributed by atoms with E-state index in [1.807, 2.05) is 0 Å². The second-order valence-corrected chi connectivity index (χ2v) is 7.94. The van der Waals surface area contributed by atoms with Gasteiger partial charge in [-0.1, -0.05) is 0 Å². The van der Waals surface area contributed by atoms with Gasteiger partial charge in [0.2, 0.25) is 5.91 Å². The fourth-order valence-corrected chi connectivity index (χ4v) is 1.54. The maximum Gasteiger partial charge on any atom is 0.221 e. The van der Waals surface area contributed by atoms with Crippen molar-refractivity contribution in [2.24, 2.45) is 0 Å². The molecular weight excluding hydrogens is 240 g/mol. The summed E-state index contributed by atoms with van der Waals surface area (Å²) < 4.78 is 21.9. The van der Waals surface area contributed by atoms with E-state index in [9.17, 15) is 13.2 Å².